The van der Waals surface area contributed by atoms with Gasteiger partial charge in [-0.3, -0.25) is 4.79 Å². The Kier molecular flexibility index (Phi) is 5.20. The van der Waals surface area contributed by atoms with Crippen LogP contribution in [0, 0.1) is 6.92 Å². The van der Waals surface area contributed by atoms with E-state index in [1.807, 2.05) is 0 Å². The highest BCUT2D eigenvalue weighted by Crippen LogP contribution is 2.39. The molecule has 1 aliphatic rings. The lowest BCUT2D eigenvalue weighted by molar-refractivity contribution is -0.142. The van der Waals surface area contributed by atoms with Gasteiger partial charge in [0.2, 0.25) is 5.78 Å². The highest BCUT2D eigenvalue weighted by atomic mass is 35.5. The Morgan fingerprint density at radius 3 is 2.65 bits per heavy atom. The fourth-order valence-corrected chi connectivity index (χ4v) is 2.78. The summed E-state index contributed by atoms with van der Waals surface area (Å²) in [6.07, 6.45) is 1.60. The second-order valence-electron chi connectivity index (χ2n) is 5.54. The molecule has 1 heterocycles. The molecule has 2 aromatic rings. The number of fused-ring (bicyclic) bond motifs is 1. The number of carbonyl (C=O) groups excluding carboxylic acids is 2. The maximum absolute atomic E-state index is 12.6. The second kappa shape index (κ2) is 7.40. The van der Waals surface area contributed by atoms with Gasteiger partial charge in [0.25, 0.3) is 0 Å². The third-order valence-corrected chi connectivity index (χ3v) is 4.59. The molecule has 0 radical (unpaired) electrons. The van der Waals surface area contributed by atoms with Gasteiger partial charge >= 0.3 is 5.97 Å². The topological polar surface area (TPSA) is 61.8 Å². The minimum absolute atomic E-state index is 0.173. The molecule has 1 aliphatic heterocycles. The maximum atomic E-state index is 12.6. The fourth-order valence-electron chi connectivity index (χ4n) is 2.47. The quantitative estimate of drug-likeness (QED) is 0.567. The number of methoxy groups -OCH3 is 1. The van der Waals surface area contributed by atoms with Gasteiger partial charge in [-0.05, 0) is 42.8 Å². The van der Waals surface area contributed by atoms with Crippen LogP contribution >= 0.6 is 23.2 Å². The highest BCUT2D eigenvalue weighted by Gasteiger charge is 2.30. The van der Waals surface area contributed by atoms with Crippen molar-refractivity contribution in [3.05, 3.63) is 62.8 Å². The average Bonchev–Trinajstić information content (AvgIpc) is 2.94. The van der Waals surface area contributed by atoms with E-state index >= 15 is 0 Å². The van der Waals surface area contributed by atoms with Crippen molar-refractivity contribution < 1.29 is 23.8 Å². The van der Waals surface area contributed by atoms with Crippen LogP contribution in [0.1, 0.15) is 21.5 Å². The van der Waals surface area contributed by atoms with Gasteiger partial charge in [0.05, 0.1) is 22.7 Å². The molecule has 0 fully saturated rings. The Hall–Kier alpha value is -2.50. The van der Waals surface area contributed by atoms with E-state index in [4.69, 9.17) is 32.7 Å². The zero-order valence-electron chi connectivity index (χ0n) is 14.0. The van der Waals surface area contributed by atoms with Gasteiger partial charge in [-0.25, -0.2) is 4.79 Å². The predicted molar refractivity (Wildman–Crippen MR) is 98.1 cm³/mol. The number of esters is 1. The first-order valence-corrected chi connectivity index (χ1v) is 8.39. The van der Waals surface area contributed by atoms with Crippen molar-refractivity contribution in [2.24, 2.45) is 0 Å². The number of carbonyl (C=O) groups is 2. The Morgan fingerprint density at radius 1 is 1.19 bits per heavy atom. The fraction of sp³-hybridized carbons (Fsp3) is 0.158. The molecule has 2 aromatic carbocycles. The number of Topliss-reactive ketones (excluding diaryl/α,β-unsaturated/α-hetero) is 1. The van der Waals surface area contributed by atoms with Crippen LogP contribution in [0.4, 0.5) is 0 Å². The lowest BCUT2D eigenvalue weighted by Crippen LogP contribution is -2.13. The molecule has 0 aromatic heterocycles. The molecular weight excluding hydrogens is 379 g/mol. The number of benzene rings is 2. The van der Waals surface area contributed by atoms with Crippen molar-refractivity contribution in [1.29, 1.82) is 0 Å². The van der Waals surface area contributed by atoms with Gasteiger partial charge in [-0.1, -0.05) is 29.3 Å². The normalized spacial score (nSPS) is 14.2. The van der Waals surface area contributed by atoms with Crippen molar-refractivity contribution in [3.63, 3.8) is 0 Å². The van der Waals surface area contributed by atoms with E-state index in [0.717, 1.165) is 0 Å². The van der Waals surface area contributed by atoms with E-state index in [1.54, 1.807) is 43.3 Å². The molecule has 0 unspecified atom stereocenters. The molecule has 0 bridgehead atoms. The number of ketones is 1. The molecule has 26 heavy (non-hydrogen) atoms. The summed E-state index contributed by atoms with van der Waals surface area (Å²) in [7, 11) is 1.28. The molecule has 0 N–H and O–H groups in total. The number of halogens is 2. The molecule has 3 rings (SSSR count). The van der Waals surface area contributed by atoms with E-state index in [0.29, 0.717) is 38.2 Å². The molecule has 0 amide bonds. The zero-order valence-corrected chi connectivity index (χ0v) is 15.5. The molecule has 5 nitrogen and oxygen atoms in total. The minimum atomic E-state index is -0.498. The number of hydrogen-bond donors (Lipinski definition) is 0. The van der Waals surface area contributed by atoms with Gasteiger partial charge in [-0.2, -0.15) is 0 Å². The van der Waals surface area contributed by atoms with Crippen LogP contribution in [0.3, 0.4) is 0 Å². The van der Waals surface area contributed by atoms with Gasteiger partial charge in [0.1, 0.15) is 11.5 Å². The van der Waals surface area contributed by atoms with E-state index in [9.17, 15) is 9.59 Å². The number of hydrogen-bond acceptors (Lipinski definition) is 5. The molecule has 0 saturated heterocycles. The third-order valence-electron chi connectivity index (χ3n) is 3.85. The smallest absolute Gasteiger partial charge is 0.343 e. The summed E-state index contributed by atoms with van der Waals surface area (Å²) in [5, 5.41) is 0.817. The summed E-state index contributed by atoms with van der Waals surface area (Å²) in [6.45, 7) is 1.52. The summed E-state index contributed by atoms with van der Waals surface area (Å²) in [4.78, 5) is 23.8. The number of allylic oxidation sites excluding steroid dienone is 1. The minimum Gasteiger partial charge on any atom is -0.481 e. The summed E-state index contributed by atoms with van der Waals surface area (Å²) in [5.41, 5.74) is 1.74. The SMILES string of the molecule is COC(=O)COc1ccc2c(c1C)O/C(=C\c1ccc(Cl)c(Cl)c1)C2=O. The zero-order chi connectivity index (χ0) is 18.8. The maximum Gasteiger partial charge on any atom is 0.343 e. The molecule has 0 aliphatic carbocycles. The number of ether oxygens (including phenoxy) is 3. The van der Waals surface area contributed by atoms with Crippen LogP contribution in [0.25, 0.3) is 6.08 Å². The molecule has 0 spiro atoms. The first kappa shape index (κ1) is 18.3. The lowest BCUT2D eigenvalue weighted by Gasteiger charge is -2.10. The van der Waals surface area contributed by atoms with Gasteiger partial charge in [0.15, 0.2) is 12.4 Å². The third kappa shape index (κ3) is 3.54. The van der Waals surface area contributed by atoms with Crippen LogP contribution < -0.4 is 9.47 Å². The van der Waals surface area contributed by atoms with E-state index in [1.165, 1.54) is 7.11 Å². The van der Waals surface area contributed by atoms with Crippen molar-refractivity contribution in [1.82, 2.24) is 0 Å². The summed E-state index contributed by atoms with van der Waals surface area (Å²) in [6, 6.07) is 8.26. The molecule has 0 atom stereocenters. The Morgan fingerprint density at radius 2 is 1.96 bits per heavy atom. The molecule has 7 heteroatoms. The molecule has 0 saturated carbocycles. The largest absolute Gasteiger partial charge is 0.481 e. The summed E-state index contributed by atoms with van der Waals surface area (Å²) in [5.74, 6) is 0.281. The van der Waals surface area contributed by atoms with Gasteiger partial charge in [0, 0.05) is 5.56 Å². The van der Waals surface area contributed by atoms with Crippen LogP contribution in [-0.4, -0.2) is 25.5 Å². The van der Waals surface area contributed by atoms with Crippen molar-refractivity contribution in [2.75, 3.05) is 13.7 Å². The van der Waals surface area contributed by atoms with Crippen LogP contribution in [-0.2, 0) is 9.53 Å². The van der Waals surface area contributed by atoms with Crippen LogP contribution in [0.5, 0.6) is 11.5 Å². The van der Waals surface area contributed by atoms with E-state index in [-0.39, 0.29) is 18.1 Å². The van der Waals surface area contributed by atoms with E-state index < -0.39 is 5.97 Å². The highest BCUT2D eigenvalue weighted by molar-refractivity contribution is 6.42. The summed E-state index contributed by atoms with van der Waals surface area (Å²) < 4.78 is 15.7. The van der Waals surface area contributed by atoms with E-state index in [2.05, 4.69) is 4.74 Å². The Balaban J connectivity index is 1.88. The average molecular weight is 393 g/mol. The van der Waals surface area contributed by atoms with Gasteiger partial charge in [-0.15, -0.1) is 0 Å². The molecular formula is C19H14Cl2O5. The lowest BCUT2D eigenvalue weighted by atomic mass is 10.1. The van der Waals surface area contributed by atoms with Crippen molar-refractivity contribution >= 4 is 41.0 Å². The van der Waals surface area contributed by atoms with Crippen LogP contribution in [0.15, 0.2) is 36.1 Å². The first-order chi connectivity index (χ1) is 12.4. The summed E-state index contributed by atoms with van der Waals surface area (Å²) >= 11 is 11.9. The van der Waals surface area contributed by atoms with Crippen LogP contribution in [0.2, 0.25) is 10.0 Å². The monoisotopic (exact) mass is 392 g/mol. The van der Waals surface area contributed by atoms with Gasteiger partial charge < -0.3 is 14.2 Å². The standard InChI is InChI=1S/C19H14Cl2O5/c1-10-15(25-9-17(22)24-2)6-4-12-18(23)16(26-19(10)12)8-11-3-5-13(20)14(21)7-11/h3-8H,9H2,1-2H3/b16-8-. The predicted octanol–water partition coefficient (Wildman–Crippen LogP) is 4.47. The van der Waals surface area contributed by atoms with Crippen molar-refractivity contribution in [2.45, 2.75) is 6.92 Å². The number of rotatable bonds is 4. The van der Waals surface area contributed by atoms with Crippen molar-refractivity contribution in [3.8, 4) is 11.5 Å². The molecule has 134 valence electrons. The first-order valence-electron chi connectivity index (χ1n) is 7.63. The second-order valence-corrected chi connectivity index (χ2v) is 6.36. The Labute approximate surface area is 160 Å². The Bertz CT molecular complexity index is 934.